The van der Waals surface area contributed by atoms with Crippen molar-refractivity contribution >= 4 is 47.8 Å². The number of hydrogen-bond acceptors (Lipinski definition) is 4. The van der Waals surface area contributed by atoms with E-state index in [2.05, 4.69) is 30.2 Å². The molecular formula is C11H11ClN2O2S2. The molecule has 1 heterocycles. The minimum atomic E-state index is -0.462. The Morgan fingerprint density at radius 3 is 2.78 bits per heavy atom. The summed E-state index contributed by atoms with van der Waals surface area (Å²) in [6, 6.07) is 4.77. The van der Waals surface area contributed by atoms with Crippen molar-refractivity contribution < 1.29 is 0 Å². The van der Waals surface area contributed by atoms with E-state index in [9.17, 15) is 9.59 Å². The number of thiol groups is 2. The van der Waals surface area contributed by atoms with E-state index in [4.69, 9.17) is 11.6 Å². The average molecular weight is 303 g/mol. The molecule has 0 fully saturated rings. The van der Waals surface area contributed by atoms with Gasteiger partial charge in [0.2, 0.25) is 0 Å². The predicted molar refractivity (Wildman–Crippen MR) is 80.5 cm³/mol. The van der Waals surface area contributed by atoms with Crippen molar-refractivity contribution in [2.45, 2.75) is 11.8 Å². The van der Waals surface area contributed by atoms with Crippen molar-refractivity contribution in [2.24, 2.45) is 0 Å². The summed E-state index contributed by atoms with van der Waals surface area (Å²) in [5, 5.41) is 0.744. The third-order valence-electron chi connectivity index (χ3n) is 2.55. The Kier molecular flexibility index (Phi) is 4.09. The van der Waals surface area contributed by atoms with Crippen molar-refractivity contribution in [1.29, 1.82) is 0 Å². The number of halogens is 1. The van der Waals surface area contributed by atoms with E-state index in [-0.39, 0.29) is 17.4 Å². The van der Waals surface area contributed by atoms with Gasteiger partial charge in [-0.25, -0.2) is 4.79 Å². The lowest BCUT2D eigenvalue weighted by Crippen LogP contribution is -2.37. The molecule has 1 atom stereocenters. The van der Waals surface area contributed by atoms with Crippen LogP contribution in [0.4, 0.5) is 0 Å². The highest BCUT2D eigenvalue weighted by molar-refractivity contribution is 7.84. The Balaban J connectivity index is 2.66. The van der Waals surface area contributed by atoms with E-state index >= 15 is 0 Å². The average Bonchev–Trinajstić information content (AvgIpc) is 2.33. The Hall–Kier alpha value is -0.850. The van der Waals surface area contributed by atoms with Gasteiger partial charge in [-0.2, -0.15) is 25.3 Å². The zero-order valence-electron chi connectivity index (χ0n) is 9.26. The van der Waals surface area contributed by atoms with Crippen LogP contribution in [0.3, 0.4) is 0 Å². The molecule has 0 radical (unpaired) electrons. The third kappa shape index (κ3) is 2.60. The first-order valence-corrected chi connectivity index (χ1v) is 6.77. The van der Waals surface area contributed by atoms with Crippen molar-refractivity contribution in [2.75, 3.05) is 5.75 Å². The number of aromatic amines is 1. The molecule has 0 aliphatic heterocycles. The summed E-state index contributed by atoms with van der Waals surface area (Å²) in [7, 11) is 0. The van der Waals surface area contributed by atoms with Crippen LogP contribution >= 0.6 is 36.9 Å². The fourth-order valence-corrected chi connectivity index (χ4v) is 2.11. The highest BCUT2D eigenvalue weighted by atomic mass is 35.5. The number of nitrogens with one attached hydrogen (secondary N) is 1. The Morgan fingerprint density at radius 1 is 1.39 bits per heavy atom. The first kappa shape index (κ1) is 13.6. The molecule has 18 heavy (non-hydrogen) atoms. The van der Waals surface area contributed by atoms with Gasteiger partial charge >= 0.3 is 5.69 Å². The topological polar surface area (TPSA) is 54.9 Å². The van der Waals surface area contributed by atoms with E-state index in [1.807, 2.05) is 0 Å². The van der Waals surface area contributed by atoms with Gasteiger partial charge in [-0.05, 0) is 18.2 Å². The zero-order valence-corrected chi connectivity index (χ0v) is 11.8. The largest absolute Gasteiger partial charge is 0.328 e. The highest BCUT2D eigenvalue weighted by Gasteiger charge is 2.10. The second kappa shape index (κ2) is 5.42. The maximum absolute atomic E-state index is 12.2. The number of hydrogen-bond donors (Lipinski definition) is 3. The van der Waals surface area contributed by atoms with E-state index in [0.29, 0.717) is 21.7 Å². The number of aromatic nitrogens is 2. The monoisotopic (exact) mass is 302 g/mol. The van der Waals surface area contributed by atoms with Gasteiger partial charge in [0.25, 0.3) is 5.56 Å². The van der Waals surface area contributed by atoms with Gasteiger partial charge < -0.3 is 4.98 Å². The van der Waals surface area contributed by atoms with Crippen molar-refractivity contribution in [1.82, 2.24) is 9.55 Å². The molecule has 0 saturated heterocycles. The van der Waals surface area contributed by atoms with Crippen molar-refractivity contribution in [3.63, 3.8) is 0 Å². The molecule has 2 rings (SSSR count). The number of H-pyrrole nitrogens is 1. The Morgan fingerprint density at radius 2 is 2.11 bits per heavy atom. The molecule has 0 aliphatic rings. The van der Waals surface area contributed by atoms with E-state index in [1.165, 1.54) is 0 Å². The standard InChI is InChI=1S/C11H11ClN2O2S2/c12-6-1-2-8-9(3-6)13-11(16)14(10(8)15)4-7(18)5-17/h1-3,7,17-18H,4-5H2,(H,13,16)/t7-/m1/s1. The van der Waals surface area contributed by atoms with Crippen molar-refractivity contribution in [3.8, 4) is 0 Å². The molecule has 0 bridgehead atoms. The Labute approximate surface area is 119 Å². The summed E-state index contributed by atoms with van der Waals surface area (Å²) in [5.41, 5.74) is -0.364. The molecule has 0 amide bonds. The van der Waals surface area contributed by atoms with Crippen LogP contribution in [-0.4, -0.2) is 20.6 Å². The van der Waals surface area contributed by atoms with Crippen LogP contribution in [0.25, 0.3) is 10.9 Å². The second-order valence-electron chi connectivity index (χ2n) is 3.87. The second-order valence-corrected chi connectivity index (χ2v) is 5.40. The molecule has 1 aromatic carbocycles. The molecule has 96 valence electrons. The van der Waals surface area contributed by atoms with Gasteiger partial charge in [0.15, 0.2) is 0 Å². The number of nitrogens with zero attached hydrogens (tertiary/aromatic N) is 1. The quantitative estimate of drug-likeness (QED) is 0.754. The lowest BCUT2D eigenvalue weighted by Gasteiger charge is -2.10. The fraction of sp³-hybridized carbons (Fsp3) is 0.273. The number of fused-ring (bicyclic) bond motifs is 1. The van der Waals surface area contributed by atoms with Crippen LogP contribution < -0.4 is 11.2 Å². The van der Waals surface area contributed by atoms with Crippen LogP contribution in [0.5, 0.6) is 0 Å². The zero-order chi connectivity index (χ0) is 13.3. The molecule has 1 aromatic heterocycles. The van der Waals surface area contributed by atoms with Crippen LogP contribution in [0.2, 0.25) is 5.02 Å². The molecular weight excluding hydrogens is 292 g/mol. The van der Waals surface area contributed by atoms with Gasteiger partial charge in [-0.3, -0.25) is 9.36 Å². The SMILES string of the molecule is O=c1[nH]c2cc(Cl)ccc2c(=O)n1C[C@@H](S)CS. The summed E-state index contributed by atoms with van der Waals surface area (Å²) >= 11 is 14.1. The molecule has 0 spiro atoms. The maximum Gasteiger partial charge on any atom is 0.328 e. The Bertz CT molecular complexity index is 695. The highest BCUT2D eigenvalue weighted by Crippen LogP contribution is 2.13. The first-order chi connectivity index (χ1) is 8.52. The van der Waals surface area contributed by atoms with Gasteiger partial charge in [0.05, 0.1) is 10.9 Å². The first-order valence-electron chi connectivity index (χ1n) is 5.24. The minimum absolute atomic E-state index is 0.156. The number of rotatable bonds is 3. The lowest BCUT2D eigenvalue weighted by atomic mass is 10.2. The van der Waals surface area contributed by atoms with E-state index in [1.54, 1.807) is 18.2 Å². The molecule has 0 aliphatic carbocycles. The van der Waals surface area contributed by atoms with E-state index < -0.39 is 5.69 Å². The maximum atomic E-state index is 12.2. The fourth-order valence-electron chi connectivity index (χ4n) is 1.66. The summed E-state index contributed by atoms with van der Waals surface area (Å²) in [6.45, 7) is 0.222. The van der Waals surface area contributed by atoms with Crippen LogP contribution in [-0.2, 0) is 6.54 Å². The predicted octanol–water partition coefficient (Wildman–Crippen LogP) is 1.57. The summed E-state index contributed by atoms with van der Waals surface area (Å²) in [6.07, 6.45) is 0. The van der Waals surface area contributed by atoms with Crippen LogP contribution in [0, 0.1) is 0 Å². The van der Waals surface area contributed by atoms with Crippen molar-refractivity contribution in [3.05, 3.63) is 44.1 Å². The van der Waals surface area contributed by atoms with E-state index in [0.717, 1.165) is 4.57 Å². The smallest absolute Gasteiger partial charge is 0.307 e. The van der Waals surface area contributed by atoms with Gasteiger partial charge in [0, 0.05) is 22.6 Å². The summed E-state index contributed by atoms with van der Waals surface area (Å²) in [4.78, 5) is 26.6. The summed E-state index contributed by atoms with van der Waals surface area (Å²) in [5.74, 6) is 0.480. The third-order valence-corrected chi connectivity index (χ3v) is 3.86. The van der Waals surface area contributed by atoms with Gasteiger partial charge in [0.1, 0.15) is 0 Å². The van der Waals surface area contributed by atoms with Gasteiger partial charge in [-0.15, -0.1) is 0 Å². The van der Waals surface area contributed by atoms with Gasteiger partial charge in [-0.1, -0.05) is 11.6 Å². The minimum Gasteiger partial charge on any atom is -0.307 e. The molecule has 7 heteroatoms. The molecule has 1 N–H and O–H groups in total. The molecule has 0 saturated carbocycles. The number of benzene rings is 1. The molecule has 2 aromatic rings. The molecule has 4 nitrogen and oxygen atoms in total. The molecule has 0 unspecified atom stereocenters. The normalized spacial score (nSPS) is 12.8. The van der Waals surface area contributed by atoms with Crippen LogP contribution in [0.1, 0.15) is 0 Å². The lowest BCUT2D eigenvalue weighted by molar-refractivity contribution is 0.639. The summed E-state index contributed by atoms with van der Waals surface area (Å²) < 4.78 is 1.13. The van der Waals surface area contributed by atoms with Crippen LogP contribution in [0.15, 0.2) is 27.8 Å².